The van der Waals surface area contributed by atoms with Crippen molar-refractivity contribution in [3.63, 3.8) is 0 Å². The van der Waals surface area contributed by atoms with Gasteiger partial charge in [0.25, 0.3) is 0 Å². The Bertz CT molecular complexity index is 926. The van der Waals surface area contributed by atoms with Crippen molar-refractivity contribution in [2.75, 3.05) is 25.5 Å². The van der Waals surface area contributed by atoms with Crippen molar-refractivity contribution < 1.29 is 26.3 Å². The van der Waals surface area contributed by atoms with Crippen LogP contribution in [0, 0.1) is 0 Å². The van der Waals surface area contributed by atoms with Gasteiger partial charge in [0.05, 0.1) is 4.90 Å². The van der Waals surface area contributed by atoms with Crippen molar-refractivity contribution in [3.05, 3.63) is 53.6 Å². The molecule has 0 unspecified atom stereocenters. The molecule has 1 aliphatic heterocycles. The van der Waals surface area contributed by atoms with Crippen molar-refractivity contribution in [2.24, 2.45) is 0 Å². The Labute approximate surface area is 156 Å². The van der Waals surface area contributed by atoms with Crippen molar-refractivity contribution >= 4 is 15.7 Å². The SMILES string of the molecule is CN(C)S(=O)(=O)c1ccc2c(c1)CCN2Cc1ccc(OC(F)(F)F)cc1. The molecular formula is C18H19F3N2O3S. The number of hydrogen-bond donors (Lipinski definition) is 0. The van der Waals surface area contributed by atoms with Gasteiger partial charge in [0.2, 0.25) is 10.0 Å². The van der Waals surface area contributed by atoms with Gasteiger partial charge in [-0.05, 0) is 47.9 Å². The second kappa shape index (κ2) is 7.05. The summed E-state index contributed by atoms with van der Waals surface area (Å²) in [6, 6.07) is 10.8. The van der Waals surface area contributed by atoms with E-state index in [1.807, 2.05) is 0 Å². The molecule has 0 saturated heterocycles. The maximum atomic E-state index is 12.3. The topological polar surface area (TPSA) is 49.9 Å². The molecule has 9 heteroatoms. The summed E-state index contributed by atoms with van der Waals surface area (Å²) in [6.45, 7) is 1.22. The van der Waals surface area contributed by atoms with E-state index in [4.69, 9.17) is 0 Å². The van der Waals surface area contributed by atoms with E-state index in [2.05, 4.69) is 9.64 Å². The minimum atomic E-state index is -4.71. The van der Waals surface area contributed by atoms with E-state index < -0.39 is 16.4 Å². The highest BCUT2D eigenvalue weighted by Crippen LogP contribution is 2.32. The smallest absolute Gasteiger partial charge is 0.406 e. The number of nitrogens with zero attached hydrogens (tertiary/aromatic N) is 2. The van der Waals surface area contributed by atoms with Crippen molar-refractivity contribution in [2.45, 2.75) is 24.2 Å². The van der Waals surface area contributed by atoms with Crippen LogP contribution >= 0.6 is 0 Å². The summed E-state index contributed by atoms with van der Waals surface area (Å²) in [7, 11) is -0.511. The van der Waals surface area contributed by atoms with Crippen LogP contribution in [0.25, 0.3) is 0 Å². The average Bonchev–Trinajstić information content (AvgIpc) is 2.97. The Morgan fingerprint density at radius 2 is 1.78 bits per heavy atom. The molecule has 0 aliphatic carbocycles. The highest BCUT2D eigenvalue weighted by molar-refractivity contribution is 7.89. The van der Waals surface area contributed by atoms with E-state index in [0.29, 0.717) is 19.5 Å². The lowest BCUT2D eigenvalue weighted by Crippen LogP contribution is -2.22. The number of sulfonamides is 1. The van der Waals surface area contributed by atoms with Crippen LogP contribution in [0.15, 0.2) is 47.4 Å². The Balaban J connectivity index is 1.75. The second-order valence-corrected chi connectivity index (χ2v) is 8.59. The number of alkyl halides is 3. The van der Waals surface area contributed by atoms with Gasteiger partial charge in [-0.25, -0.2) is 12.7 Å². The molecule has 0 aromatic heterocycles. The van der Waals surface area contributed by atoms with Crippen molar-refractivity contribution in [1.82, 2.24) is 4.31 Å². The third-order valence-corrected chi connectivity index (χ3v) is 6.16. The molecule has 0 radical (unpaired) electrons. The Morgan fingerprint density at radius 3 is 2.37 bits per heavy atom. The highest BCUT2D eigenvalue weighted by atomic mass is 32.2. The average molecular weight is 400 g/mol. The molecule has 0 saturated carbocycles. The minimum Gasteiger partial charge on any atom is -0.406 e. The zero-order valence-electron chi connectivity index (χ0n) is 14.8. The third kappa shape index (κ3) is 4.36. The van der Waals surface area contributed by atoms with Crippen LogP contribution < -0.4 is 9.64 Å². The molecule has 0 amide bonds. The molecule has 2 aromatic rings. The number of benzene rings is 2. The van der Waals surface area contributed by atoms with Crippen LogP contribution in [0.2, 0.25) is 0 Å². The summed E-state index contributed by atoms with van der Waals surface area (Å²) in [5.41, 5.74) is 2.71. The lowest BCUT2D eigenvalue weighted by Gasteiger charge is -2.20. The van der Waals surface area contributed by atoms with Crippen LogP contribution in [0.3, 0.4) is 0 Å². The quantitative estimate of drug-likeness (QED) is 0.772. The summed E-state index contributed by atoms with van der Waals surface area (Å²) in [4.78, 5) is 2.32. The van der Waals surface area contributed by atoms with Crippen LogP contribution in [0.5, 0.6) is 5.75 Å². The van der Waals surface area contributed by atoms with E-state index in [-0.39, 0.29) is 10.6 Å². The Hall–Kier alpha value is -2.26. The fraction of sp³-hybridized carbons (Fsp3) is 0.333. The van der Waals surface area contributed by atoms with Gasteiger partial charge in [0.1, 0.15) is 5.75 Å². The predicted octanol–water partition coefficient (Wildman–Crippen LogP) is 3.40. The summed E-state index contributed by atoms with van der Waals surface area (Å²) < 4.78 is 66.2. The lowest BCUT2D eigenvalue weighted by atomic mass is 10.1. The molecule has 0 fully saturated rings. The Morgan fingerprint density at radius 1 is 1.11 bits per heavy atom. The van der Waals surface area contributed by atoms with Gasteiger partial charge < -0.3 is 9.64 Å². The maximum absolute atomic E-state index is 12.3. The summed E-state index contributed by atoms with van der Waals surface area (Å²) in [6.07, 6.45) is -4.00. The van der Waals surface area contributed by atoms with E-state index in [1.54, 1.807) is 30.3 Å². The zero-order chi connectivity index (χ0) is 19.8. The monoisotopic (exact) mass is 400 g/mol. The molecule has 1 heterocycles. The summed E-state index contributed by atoms with van der Waals surface area (Å²) in [5.74, 6) is -0.258. The van der Waals surface area contributed by atoms with E-state index in [9.17, 15) is 21.6 Å². The van der Waals surface area contributed by atoms with E-state index in [1.165, 1.54) is 30.5 Å². The molecule has 146 valence electrons. The number of hydrogen-bond acceptors (Lipinski definition) is 4. The number of rotatable bonds is 5. The molecule has 27 heavy (non-hydrogen) atoms. The standard InChI is InChI=1S/C18H19F3N2O3S/c1-22(2)27(24,25)16-7-8-17-14(11-16)9-10-23(17)12-13-3-5-15(6-4-13)26-18(19,20)21/h3-8,11H,9-10,12H2,1-2H3. The number of ether oxygens (including phenoxy) is 1. The summed E-state index contributed by atoms with van der Waals surface area (Å²) in [5, 5.41) is 0. The first-order valence-corrected chi connectivity index (χ1v) is 9.65. The van der Waals surface area contributed by atoms with Crippen molar-refractivity contribution in [1.29, 1.82) is 0 Å². The number of fused-ring (bicyclic) bond motifs is 1. The van der Waals surface area contributed by atoms with Gasteiger partial charge in [-0.3, -0.25) is 0 Å². The first-order chi connectivity index (χ1) is 12.6. The second-order valence-electron chi connectivity index (χ2n) is 6.44. The third-order valence-electron chi connectivity index (χ3n) is 4.35. The molecule has 0 spiro atoms. The molecule has 0 bridgehead atoms. The lowest BCUT2D eigenvalue weighted by molar-refractivity contribution is -0.274. The maximum Gasteiger partial charge on any atom is 0.573 e. The molecular weight excluding hydrogens is 381 g/mol. The van der Waals surface area contributed by atoms with Crippen LogP contribution in [-0.2, 0) is 23.0 Å². The Kier molecular flexibility index (Phi) is 5.09. The van der Waals surface area contributed by atoms with Gasteiger partial charge >= 0.3 is 6.36 Å². The molecule has 0 N–H and O–H groups in total. The van der Waals surface area contributed by atoms with E-state index in [0.717, 1.165) is 16.8 Å². The fourth-order valence-corrected chi connectivity index (χ4v) is 3.95. The molecule has 5 nitrogen and oxygen atoms in total. The van der Waals surface area contributed by atoms with Crippen LogP contribution in [0.4, 0.5) is 18.9 Å². The van der Waals surface area contributed by atoms with Crippen LogP contribution in [-0.4, -0.2) is 39.7 Å². The van der Waals surface area contributed by atoms with Gasteiger partial charge in [-0.15, -0.1) is 13.2 Å². The summed E-state index contributed by atoms with van der Waals surface area (Å²) >= 11 is 0. The molecule has 3 rings (SSSR count). The van der Waals surface area contributed by atoms with Gasteiger partial charge in [-0.1, -0.05) is 12.1 Å². The largest absolute Gasteiger partial charge is 0.573 e. The number of halogens is 3. The first kappa shape index (κ1) is 19.5. The number of anilines is 1. The van der Waals surface area contributed by atoms with E-state index >= 15 is 0 Å². The highest BCUT2D eigenvalue weighted by Gasteiger charge is 2.31. The first-order valence-electron chi connectivity index (χ1n) is 8.21. The fourth-order valence-electron chi connectivity index (χ4n) is 3.00. The van der Waals surface area contributed by atoms with Gasteiger partial charge in [-0.2, -0.15) is 0 Å². The minimum absolute atomic E-state index is 0.252. The molecule has 2 aromatic carbocycles. The van der Waals surface area contributed by atoms with Crippen LogP contribution in [0.1, 0.15) is 11.1 Å². The normalized spacial score (nSPS) is 14.5. The van der Waals surface area contributed by atoms with Crippen molar-refractivity contribution in [3.8, 4) is 5.75 Å². The van der Waals surface area contributed by atoms with Gasteiger partial charge in [0.15, 0.2) is 0 Å². The zero-order valence-corrected chi connectivity index (χ0v) is 15.6. The molecule has 1 aliphatic rings. The predicted molar refractivity (Wildman–Crippen MR) is 95.2 cm³/mol. The molecule has 0 atom stereocenters. The van der Waals surface area contributed by atoms with Gasteiger partial charge in [0, 0.05) is 32.9 Å².